The van der Waals surface area contributed by atoms with Gasteiger partial charge in [0.05, 0.1) is 12.3 Å². The van der Waals surface area contributed by atoms with Crippen LogP contribution in [0.2, 0.25) is 0 Å². The van der Waals surface area contributed by atoms with Gasteiger partial charge in [-0.2, -0.15) is 0 Å². The van der Waals surface area contributed by atoms with Gasteiger partial charge in [0, 0.05) is 11.6 Å². The van der Waals surface area contributed by atoms with Gasteiger partial charge in [-0.1, -0.05) is 12.1 Å². The lowest BCUT2D eigenvalue weighted by Gasteiger charge is -2.15. The molecule has 0 amide bonds. The Labute approximate surface area is 93.7 Å². The van der Waals surface area contributed by atoms with Crippen molar-refractivity contribution in [2.45, 2.75) is 19.1 Å². The van der Waals surface area contributed by atoms with E-state index in [9.17, 15) is 5.11 Å². The zero-order valence-electron chi connectivity index (χ0n) is 9.00. The maximum atomic E-state index is 9.84. The van der Waals surface area contributed by atoms with Crippen LogP contribution in [0.3, 0.4) is 0 Å². The molecule has 0 aliphatic carbocycles. The monoisotopic (exact) mass is 218 g/mol. The molecule has 1 heterocycles. The highest BCUT2D eigenvalue weighted by atomic mass is 16.3. The molecule has 0 saturated heterocycles. The number of benzene rings is 1. The number of aliphatic hydroxyl groups is 1. The lowest BCUT2D eigenvalue weighted by Crippen LogP contribution is -2.24. The van der Waals surface area contributed by atoms with Crippen molar-refractivity contribution in [3.05, 3.63) is 42.3 Å². The number of nitrogens with two attached hydrogens (primary N) is 1. The Morgan fingerprint density at radius 2 is 2.25 bits per heavy atom. The minimum Gasteiger partial charge on any atom is -0.445 e. The van der Waals surface area contributed by atoms with Gasteiger partial charge in [0.15, 0.2) is 0 Å². The summed E-state index contributed by atoms with van der Waals surface area (Å²) < 4.78 is 5.19. The van der Waals surface area contributed by atoms with Gasteiger partial charge in [0.2, 0.25) is 5.89 Å². The van der Waals surface area contributed by atoms with E-state index in [1.54, 1.807) is 13.1 Å². The molecule has 16 heavy (non-hydrogen) atoms. The quantitative estimate of drug-likeness (QED) is 0.822. The average molecular weight is 218 g/mol. The predicted octanol–water partition coefficient (Wildman–Crippen LogP) is 1.72. The summed E-state index contributed by atoms with van der Waals surface area (Å²) in [6.07, 6.45) is 2.43. The average Bonchev–Trinajstić information content (AvgIpc) is 2.81. The van der Waals surface area contributed by atoms with Crippen molar-refractivity contribution in [2.75, 3.05) is 0 Å². The number of hydrogen-bond acceptors (Lipinski definition) is 4. The van der Waals surface area contributed by atoms with E-state index in [1.807, 2.05) is 24.3 Å². The van der Waals surface area contributed by atoms with Crippen molar-refractivity contribution in [1.82, 2.24) is 4.98 Å². The Kier molecular flexibility index (Phi) is 3.03. The highest BCUT2D eigenvalue weighted by Gasteiger charge is 2.13. The summed E-state index contributed by atoms with van der Waals surface area (Å²) in [5, 5.41) is 9.84. The van der Waals surface area contributed by atoms with E-state index in [-0.39, 0.29) is 6.04 Å². The van der Waals surface area contributed by atoms with E-state index in [0.29, 0.717) is 5.89 Å². The fourth-order valence-corrected chi connectivity index (χ4v) is 1.53. The van der Waals surface area contributed by atoms with Crippen LogP contribution in [-0.4, -0.2) is 16.1 Å². The molecule has 2 aromatic rings. The first kappa shape index (κ1) is 10.9. The topological polar surface area (TPSA) is 72.3 Å². The molecule has 0 bridgehead atoms. The highest BCUT2D eigenvalue weighted by Crippen LogP contribution is 2.22. The SMILES string of the molecule is CC(N)C(O)c1cccc(-c2ncco2)c1. The van der Waals surface area contributed by atoms with Gasteiger partial charge in [0.25, 0.3) is 0 Å². The standard InChI is InChI=1S/C12H14N2O2/c1-8(13)11(15)9-3-2-4-10(7-9)12-14-5-6-16-12/h2-8,11,15H,13H2,1H3. The van der Waals surface area contributed by atoms with Gasteiger partial charge in [-0.15, -0.1) is 0 Å². The summed E-state index contributed by atoms with van der Waals surface area (Å²) in [5.41, 5.74) is 7.25. The van der Waals surface area contributed by atoms with E-state index in [1.165, 1.54) is 6.26 Å². The third-order valence-electron chi connectivity index (χ3n) is 2.41. The molecule has 0 saturated carbocycles. The maximum Gasteiger partial charge on any atom is 0.225 e. The van der Waals surface area contributed by atoms with Crippen LogP contribution in [0.1, 0.15) is 18.6 Å². The molecule has 0 fully saturated rings. The molecular formula is C12H14N2O2. The molecule has 1 aromatic heterocycles. The molecule has 4 heteroatoms. The largest absolute Gasteiger partial charge is 0.445 e. The van der Waals surface area contributed by atoms with Crippen molar-refractivity contribution < 1.29 is 9.52 Å². The minimum absolute atomic E-state index is 0.306. The summed E-state index contributed by atoms with van der Waals surface area (Å²) in [4.78, 5) is 4.05. The number of aromatic nitrogens is 1. The summed E-state index contributed by atoms with van der Waals surface area (Å²) in [6, 6.07) is 7.09. The van der Waals surface area contributed by atoms with Crippen molar-refractivity contribution in [3.63, 3.8) is 0 Å². The van der Waals surface area contributed by atoms with E-state index < -0.39 is 6.10 Å². The zero-order chi connectivity index (χ0) is 11.5. The molecule has 0 aliphatic rings. The van der Waals surface area contributed by atoms with Crippen molar-refractivity contribution >= 4 is 0 Å². The summed E-state index contributed by atoms with van der Waals surface area (Å²) in [5.74, 6) is 0.540. The summed E-state index contributed by atoms with van der Waals surface area (Å²) >= 11 is 0. The van der Waals surface area contributed by atoms with E-state index in [2.05, 4.69) is 4.98 Å². The van der Waals surface area contributed by atoms with E-state index in [0.717, 1.165) is 11.1 Å². The molecule has 0 radical (unpaired) electrons. The van der Waals surface area contributed by atoms with E-state index in [4.69, 9.17) is 10.2 Å². The second-order valence-electron chi connectivity index (χ2n) is 3.77. The summed E-state index contributed by atoms with van der Waals surface area (Å²) in [7, 11) is 0. The first-order valence-electron chi connectivity index (χ1n) is 5.12. The summed E-state index contributed by atoms with van der Waals surface area (Å²) in [6.45, 7) is 1.77. The van der Waals surface area contributed by atoms with Crippen molar-refractivity contribution in [2.24, 2.45) is 5.73 Å². The van der Waals surface area contributed by atoms with Crippen LogP contribution in [-0.2, 0) is 0 Å². The van der Waals surface area contributed by atoms with Gasteiger partial charge in [0.1, 0.15) is 6.26 Å². The van der Waals surface area contributed by atoms with Gasteiger partial charge in [-0.25, -0.2) is 4.98 Å². The fourth-order valence-electron chi connectivity index (χ4n) is 1.53. The Morgan fingerprint density at radius 1 is 1.44 bits per heavy atom. The Balaban J connectivity index is 2.34. The Morgan fingerprint density at radius 3 is 2.88 bits per heavy atom. The molecule has 1 aromatic carbocycles. The van der Waals surface area contributed by atoms with Gasteiger partial charge >= 0.3 is 0 Å². The van der Waals surface area contributed by atoms with Crippen LogP contribution in [0.25, 0.3) is 11.5 Å². The van der Waals surface area contributed by atoms with Crippen molar-refractivity contribution in [1.29, 1.82) is 0 Å². The van der Waals surface area contributed by atoms with Crippen LogP contribution in [0.4, 0.5) is 0 Å². The van der Waals surface area contributed by atoms with Crippen LogP contribution in [0.15, 0.2) is 41.1 Å². The first-order valence-corrected chi connectivity index (χ1v) is 5.12. The molecule has 0 spiro atoms. The molecule has 2 unspecified atom stereocenters. The van der Waals surface area contributed by atoms with Crippen LogP contribution in [0, 0.1) is 0 Å². The van der Waals surface area contributed by atoms with Crippen LogP contribution >= 0.6 is 0 Å². The third-order valence-corrected chi connectivity index (χ3v) is 2.41. The Bertz CT molecular complexity index is 452. The third kappa shape index (κ3) is 2.13. The molecule has 2 rings (SSSR count). The molecule has 84 valence electrons. The molecule has 4 nitrogen and oxygen atoms in total. The smallest absolute Gasteiger partial charge is 0.225 e. The molecule has 3 N–H and O–H groups in total. The molecule has 0 aliphatic heterocycles. The molecular weight excluding hydrogens is 204 g/mol. The Hall–Kier alpha value is -1.65. The number of rotatable bonds is 3. The second kappa shape index (κ2) is 4.47. The minimum atomic E-state index is -0.671. The number of hydrogen-bond donors (Lipinski definition) is 2. The zero-order valence-corrected chi connectivity index (χ0v) is 9.00. The maximum absolute atomic E-state index is 9.84. The van der Waals surface area contributed by atoms with Crippen LogP contribution < -0.4 is 5.73 Å². The number of aliphatic hydroxyl groups excluding tert-OH is 1. The lowest BCUT2D eigenvalue weighted by atomic mass is 10.0. The normalized spacial score (nSPS) is 14.7. The van der Waals surface area contributed by atoms with Gasteiger partial charge < -0.3 is 15.3 Å². The van der Waals surface area contributed by atoms with Gasteiger partial charge in [-0.3, -0.25) is 0 Å². The van der Waals surface area contributed by atoms with Crippen molar-refractivity contribution in [3.8, 4) is 11.5 Å². The lowest BCUT2D eigenvalue weighted by molar-refractivity contribution is 0.153. The van der Waals surface area contributed by atoms with E-state index >= 15 is 0 Å². The second-order valence-corrected chi connectivity index (χ2v) is 3.77. The number of nitrogens with zero attached hydrogens (tertiary/aromatic N) is 1. The fraction of sp³-hybridized carbons (Fsp3) is 0.250. The van der Waals surface area contributed by atoms with Gasteiger partial charge in [-0.05, 0) is 24.6 Å². The number of oxazole rings is 1. The first-order chi connectivity index (χ1) is 7.68. The van der Waals surface area contributed by atoms with Crippen LogP contribution in [0.5, 0.6) is 0 Å². The predicted molar refractivity (Wildman–Crippen MR) is 60.5 cm³/mol. The molecule has 2 atom stereocenters. The highest BCUT2D eigenvalue weighted by molar-refractivity contribution is 5.54.